The Hall–Kier alpha value is -2.75. The monoisotopic (exact) mass is 440 g/mol. The maximum atomic E-state index is 12.9. The van der Waals surface area contributed by atoms with Crippen LogP contribution in [0.4, 0.5) is 0 Å². The number of piperazine rings is 1. The molecule has 1 aliphatic rings. The molecule has 4 aromatic rings. The number of nitrogens with zero attached hydrogens (tertiary/aromatic N) is 3. The molecule has 4 aromatic heterocycles. The van der Waals surface area contributed by atoms with E-state index in [1.54, 1.807) is 28.4 Å². The van der Waals surface area contributed by atoms with Crippen LogP contribution >= 0.6 is 22.7 Å². The number of hydrogen-bond donors (Lipinski definition) is 1. The van der Waals surface area contributed by atoms with Crippen LogP contribution in [0.1, 0.15) is 29.3 Å². The minimum absolute atomic E-state index is 0.0461. The molecule has 0 unspecified atom stereocenters. The summed E-state index contributed by atoms with van der Waals surface area (Å²) in [5, 5.41) is 4.67. The van der Waals surface area contributed by atoms with Crippen LogP contribution in [0.25, 0.3) is 20.7 Å². The number of aromatic amines is 1. The summed E-state index contributed by atoms with van der Waals surface area (Å²) in [7, 11) is 0. The highest BCUT2D eigenvalue weighted by atomic mass is 32.1. The van der Waals surface area contributed by atoms with E-state index in [2.05, 4.69) is 9.88 Å². The second-order valence-corrected chi connectivity index (χ2v) is 9.05. The van der Waals surface area contributed by atoms with Crippen LogP contribution in [0.2, 0.25) is 0 Å². The number of fused-ring (bicyclic) bond motifs is 1. The maximum absolute atomic E-state index is 12.9. The Labute approximate surface area is 180 Å². The standard InChI is InChI=1S/C21H20N4O3S2/c1-13(24-6-8-25(9-7-24)21(27)15-4-2-10-28-15)18-22-19(26)17-14(12-30-20(17)23-18)16-5-3-11-29-16/h2-5,10-13H,6-9H2,1H3,(H,22,23,26)/t13-/m0/s1. The molecule has 1 atom stereocenters. The number of carbonyl (C=O) groups excluding carboxylic acids is 1. The van der Waals surface area contributed by atoms with E-state index < -0.39 is 0 Å². The van der Waals surface area contributed by atoms with Gasteiger partial charge in [0.25, 0.3) is 11.5 Å². The third kappa shape index (κ3) is 3.38. The number of H-pyrrole nitrogens is 1. The van der Waals surface area contributed by atoms with Gasteiger partial charge in [-0.15, -0.1) is 22.7 Å². The van der Waals surface area contributed by atoms with Gasteiger partial charge in [0.1, 0.15) is 10.7 Å². The Balaban J connectivity index is 1.34. The lowest BCUT2D eigenvalue weighted by Gasteiger charge is -2.37. The minimum Gasteiger partial charge on any atom is -0.459 e. The van der Waals surface area contributed by atoms with Crippen LogP contribution in [0.5, 0.6) is 0 Å². The van der Waals surface area contributed by atoms with Crippen molar-refractivity contribution in [1.82, 2.24) is 19.8 Å². The molecule has 154 valence electrons. The highest BCUT2D eigenvalue weighted by molar-refractivity contribution is 7.18. The van der Waals surface area contributed by atoms with Crippen molar-refractivity contribution in [2.75, 3.05) is 26.2 Å². The predicted octanol–water partition coefficient (Wildman–Crippen LogP) is 3.83. The number of thiophene rings is 2. The van der Waals surface area contributed by atoms with Crippen LogP contribution in [0.15, 0.2) is 50.5 Å². The lowest BCUT2D eigenvalue weighted by Crippen LogP contribution is -2.49. The summed E-state index contributed by atoms with van der Waals surface area (Å²) < 4.78 is 5.22. The van der Waals surface area contributed by atoms with E-state index in [-0.39, 0.29) is 17.5 Å². The molecule has 5 heterocycles. The number of aromatic nitrogens is 2. The van der Waals surface area contributed by atoms with Gasteiger partial charge in [-0.25, -0.2) is 4.98 Å². The van der Waals surface area contributed by atoms with Crippen LogP contribution in [0.3, 0.4) is 0 Å². The number of nitrogens with one attached hydrogen (secondary N) is 1. The molecule has 9 heteroatoms. The van der Waals surface area contributed by atoms with Crippen LogP contribution in [0, 0.1) is 0 Å². The third-order valence-corrected chi connectivity index (χ3v) is 7.30. The summed E-state index contributed by atoms with van der Waals surface area (Å²) >= 11 is 3.12. The highest BCUT2D eigenvalue weighted by Crippen LogP contribution is 2.34. The molecule has 1 fully saturated rings. The van der Waals surface area contributed by atoms with Gasteiger partial charge in [-0.05, 0) is 30.5 Å². The number of carbonyl (C=O) groups is 1. The molecule has 1 aliphatic heterocycles. The number of rotatable bonds is 4. The fraction of sp³-hybridized carbons (Fsp3) is 0.286. The first-order chi connectivity index (χ1) is 14.6. The van der Waals surface area contributed by atoms with Gasteiger partial charge >= 0.3 is 0 Å². The van der Waals surface area contributed by atoms with E-state index in [9.17, 15) is 9.59 Å². The molecule has 30 heavy (non-hydrogen) atoms. The fourth-order valence-electron chi connectivity index (χ4n) is 3.82. The molecular weight excluding hydrogens is 420 g/mol. The molecule has 1 saturated heterocycles. The summed E-state index contributed by atoms with van der Waals surface area (Å²) in [4.78, 5) is 39.0. The van der Waals surface area contributed by atoms with Crippen molar-refractivity contribution in [2.45, 2.75) is 13.0 Å². The third-order valence-electron chi connectivity index (χ3n) is 5.53. The molecule has 0 aromatic carbocycles. The summed E-state index contributed by atoms with van der Waals surface area (Å²) in [6, 6.07) is 7.36. The minimum atomic E-state index is -0.0990. The molecule has 1 amide bonds. The van der Waals surface area contributed by atoms with E-state index in [0.717, 1.165) is 15.3 Å². The smallest absolute Gasteiger partial charge is 0.289 e. The van der Waals surface area contributed by atoms with Gasteiger partial charge in [-0.3, -0.25) is 14.5 Å². The van der Waals surface area contributed by atoms with Gasteiger partial charge in [0.2, 0.25) is 0 Å². The molecule has 0 radical (unpaired) electrons. The summed E-state index contributed by atoms with van der Waals surface area (Å²) in [5.74, 6) is 0.949. The number of furan rings is 1. The predicted molar refractivity (Wildman–Crippen MR) is 118 cm³/mol. The Morgan fingerprint density at radius 3 is 2.73 bits per heavy atom. The topological polar surface area (TPSA) is 82.4 Å². The first-order valence-electron chi connectivity index (χ1n) is 9.74. The number of amides is 1. The Kier molecular flexibility index (Phi) is 5.01. The molecule has 0 aliphatic carbocycles. The lowest BCUT2D eigenvalue weighted by molar-refractivity contribution is 0.0547. The highest BCUT2D eigenvalue weighted by Gasteiger charge is 2.28. The van der Waals surface area contributed by atoms with E-state index in [1.165, 1.54) is 17.6 Å². The molecular formula is C21H20N4O3S2. The van der Waals surface area contributed by atoms with Gasteiger partial charge in [0.15, 0.2) is 5.76 Å². The van der Waals surface area contributed by atoms with Crippen molar-refractivity contribution in [3.05, 3.63) is 63.2 Å². The lowest BCUT2D eigenvalue weighted by atomic mass is 10.2. The van der Waals surface area contributed by atoms with Gasteiger partial charge in [-0.1, -0.05) is 6.07 Å². The normalized spacial score (nSPS) is 16.2. The molecule has 1 N–H and O–H groups in total. The van der Waals surface area contributed by atoms with Gasteiger partial charge in [-0.2, -0.15) is 0 Å². The Morgan fingerprint density at radius 2 is 2.03 bits per heavy atom. The molecule has 0 spiro atoms. The summed E-state index contributed by atoms with van der Waals surface area (Å²) in [6.07, 6.45) is 1.51. The van der Waals surface area contributed by atoms with E-state index in [4.69, 9.17) is 9.40 Å². The quantitative estimate of drug-likeness (QED) is 0.522. The van der Waals surface area contributed by atoms with E-state index in [0.29, 0.717) is 43.1 Å². The summed E-state index contributed by atoms with van der Waals surface area (Å²) in [6.45, 7) is 4.68. The van der Waals surface area contributed by atoms with Crippen LogP contribution in [-0.2, 0) is 0 Å². The largest absolute Gasteiger partial charge is 0.459 e. The zero-order valence-corrected chi connectivity index (χ0v) is 18.0. The van der Waals surface area contributed by atoms with E-state index in [1.807, 2.05) is 29.8 Å². The Morgan fingerprint density at radius 1 is 1.20 bits per heavy atom. The maximum Gasteiger partial charge on any atom is 0.289 e. The van der Waals surface area contributed by atoms with Crippen molar-refractivity contribution < 1.29 is 9.21 Å². The zero-order chi connectivity index (χ0) is 20.7. The van der Waals surface area contributed by atoms with Crippen molar-refractivity contribution in [3.63, 3.8) is 0 Å². The van der Waals surface area contributed by atoms with Crippen molar-refractivity contribution in [2.24, 2.45) is 0 Å². The zero-order valence-electron chi connectivity index (χ0n) is 16.3. The van der Waals surface area contributed by atoms with Gasteiger partial charge < -0.3 is 14.3 Å². The van der Waals surface area contributed by atoms with Gasteiger partial charge in [0.05, 0.1) is 17.7 Å². The van der Waals surface area contributed by atoms with Gasteiger partial charge in [0, 0.05) is 42.0 Å². The van der Waals surface area contributed by atoms with Crippen molar-refractivity contribution in [3.8, 4) is 10.4 Å². The van der Waals surface area contributed by atoms with Crippen LogP contribution in [-0.4, -0.2) is 51.9 Å². The summed E-state index contributed by atoms with van der Waals surface area (Å²) in [5.41, 5.74) is 0.848. The fourth-order valence-corrected chi connectivity index (χ4v) is 5.59. The molecule has 0 saturated carbocycles. The second kappa shape index (κ2) is 7.82. The molecule has 0 bridgehead atoms. The second-order valence-electron chi connectivity index (χ2n) is 7.24. The molecule has 7 nitrogen and oxygen atoms in total. The SMILES string of the molecule is C[C@@H](c1nc2scc(-c3cccs3)c2c(=O)[nH]1)N1CCN(C(=O)c2ccco2)CC1. The average Bonchev–Trinajstić information content (AvgIpc) is 3.54. The Bertz CT molecular complexity index is 1220. The van der Waals surface area contributed by atoms with E-state index >= 15 is 0 Å². The van der Waals surface area contributed by atoms with Crippen LogP contribution < -0.4 is 5.56 Å². The first-order valence-corrected chi connectivity index (χ1v) is 11.5. The van der Waals surface area contributed by atoms with Crippen molar-refractivity contribution >= 4 is 38.8 Å². The first kappa shape index (κ1) is 19.2. The van der Waals surface area contributed by atoms with Crippen molar-refractivity contribution in [1.29, 1.82) is 0 Å². The molecule has 5 rings (SSSR count). The number of hydrogen-bond acceptors (Lipinski definition) is 7. The average molecular weight is 441 g/mol.